The van der Waals surface area contributed by atoms with Crippen LogP contribution >= 0.6 is 0 Å². The Morgan fingerprint density at radius 3 is 0.876 bits per heavy atom. The quantitative estimate of drug-likeness (QED) is 0.0290. The van der Waals surface area contributed by atoms with Crippen LogP contribution in [0.15, 0.2) is 152 Å². The number of nitrogens with one attached hydrogen (secondary N) is 3. The Labute approximate surface area is 534 Å². The summed E-state index contributed by atoms with van der Waals surface area (Å²) in [5.74, 6) is -1.29. The first-order chi connectivity index (χ1) is 41.3. The van der Waals surface area contributed by atoms with Crippen molar-refractivity contribution in [1.29, 1.82) is 0 Å². The lowest BCUT2D eigenvalue weighted by Crippen LogP contribution is -2.58. The van der Waals surface area contributed by atoms with Crippen molar-refractivity contribution in [3.63, 3.8) is 0 Å². The number of alkyl carbamates (subject to hydrolysis) is 1. The number of benzene rings is 5. The van der Waals surface area contributed by atoms with E-state index < -0.39 is 76.5 Å². The lowest BCUT2D eigenvalue weighted by Gasteiger charge is -2.50. The molecule has 0 spiro atoms. The highest BCUT2D eigenvalue weighted by atomic mass is 28.4. The number of hydrogen-bond donors (Lipinski definition) is 4. The third kappa shape index (κ3) is 25.6. The van der Waals surface area contributed by atoms with Gasteiger partial charge in [0.25, 0.3) is 16.6 Å². The van der Waals surface area contributed by atoms with E-state index in [0.717, 1.165) is 39.9 Å². The van der Waals surface area contributed by atoms with Gasteiger partial charge in [-0.1, -0.05) is 262 Å². The number of carboxylic acids is 1. The van der Waals surface area contributed by atoms with Gasteiger partial charge in [-0.2, -0.15) is 0 Å². The highest BCUT2D eigenvalue weighted by Crippen LogP contribution is 2.56. The van der Waals surface area contributed by atoms with E-state index in [1.165, 1.54) is 0 Å². The van der Waals surface area contributed by atoms with Crippen molar-refractivity contribution < 1.29 is 56.9 Å². The molecule has 3 atom stereocenters. The summed E-state index contributed by atoms with van der Waals surface area (Å²) in [4.78, 5) is 75.7. The first kappa shape index (κ1) is 76.0. The summed E-state index contributed by atoms with van der Waals surface area (Å²) in [6.45, 7) is 39.9. The zero-order chi connectivity index (χ0) is 67.0. The molecule has 5 aromatic rings. The molecule has 0 saturated heterocycles. The van der Waals surface area contributed by atoms with Gasteiger partial charge in [0, 0.05) is 19.3 Å². The molecule has 5 aromatic carbocycles. The number of carboxylic acid groups (broad SMARTS) is 1. The van der Waals surface area contributed by atoms with E-state index >= 15 is 0 Å². The van der Waals surface area contributed by atoms with Crippen molar-refractivity contribution in [3.8, 4) is 0 Å². The Balaban J connectivity index is 0.000000354. The van der Waals surface area contributed by atoms with Crippen LogP contribution in [0.3, 0.4) is 0 Å². The Bertz CT molecular complexity index is 2920. The van der Waals surface area contributed by atoms with E-state index in [2.05, 4.69) is 127 Å². The molecular weight excluding hydrogens is 1150 g/mol. The molecule has 0 unspecified atom stereocenters. The molecule has 0 saturated carbocycles. The van der Waals surface area contributed by atoms with E-state index in [1.54, 1.807) is 20.8 Å². The Kier molecular flexibility index (Phi) is 29.1. The molecule has 0 heterocycles. The molecule has 0 fully saturated rings. The molecule has 0 radical (unpaired) electrons. The molecule has 0 aliphatic carbocycles. The molecule has 89 heavy (non-hydrogen) atoms. The summed E-state index contributed by atoms with van der Waals surface area (Å²) in [6, 6.07) is 46.3. The largest absolute Gasteiger partial charge is 0.502 e. The third-order valence-corrected chi connectivity index (χ3v) is 28.8. The summed E-state index contributed by atoms with van der Waals surface area (Å²) < 4.78 is 28.9. The maximum atomic E-state index is 13.4. The fraction of sp³-hybridized carbons (Fsp3) is 0.500. The molecule has 4 N–H and O–H groups in total. The number of aliphatic carboxylic acids is 1. The topological polar surface area (TPSA) is 205 Å². The van der Waals surface area contributed by atoms with Crippen LogP contribution in [-0.4, -0.2) is 81.7 Å². The van der Waals surface area contributed by atoms with Crippen molar-refractivity contribution in [2.45, 2.75) is 220 Å². The summed E-state index contributed by atoms with van der Waals surface area (Å²) in [6.07, 6.45) is -0.939. The summed E-state index contributed by atoms with van der Waals surface area (Å²) >= 11 is 0. The highest BCUT2D eigenvalue weighted by molar-refractivity contribution is 6.81. The van der Waals surface area contributed by atoms with Crippen LogP contribution in [0.4, 0.5) is 14.4 Å². The molecular formula is C72H105N3O12Si2. The van der Waals surface area contributed by atoms with Crippen LogP contribution in [0.2, 0.25) is 32.2 Å². The van der Waals surface area contributed by atoms with Gasteiger partial charge in [-0.3, -0.25) is 0 Å². The van der Waals surface area contributed by atoms with Gasteiger partial charge >= 0.3 is 36.2 Å². The SMILES string of the molecule is CC(C)(C)OC(=O)N[C@@H](Cc1ccccc1)C(=O)OCc1ccccc1.CC(C)C[Si](OC(=O)N[C@@H](Cc1ccccc1)C(=O)O)(C(C)(C)C)C(C)(C)C.CC(C)C[Si](OC(=O)N[C@@H](Cc1ccccc1)C(=O)OCc1ccccc1)(C(C)(C)C)C(C)(C)C. The second-order valence-corrected chi connectivity index (χ2v) is 39.3. The number of carbonyl (C=O) groups is 6. The molecule has 17 heteroatoms. The molecule has 488 valence electrons. The molecule has 0 aliphatic rings. The van der Waals surface area contributed by atoms with Crippen molar-refractivity contribution in [2.75, 3.05) is 0 Å². The monoisotopic (exact) mass is 1260 g/mol. The summed E-state index contributed by atoms with van der Waals surface area (Å²) in [7, 11) is -5.28. The molecule has 0 bridgehead atoms. The second-order valence-electron chi connectivity index (χ2n) is 28.8. The lowest BCUT2D eigenvalue weighted by atomic mass is 10.1. The number of amides is 3. The summed E-state index contributed by atoms with van der Waals surface area (Å²) in [5, 5.41) is 16.9. The highest BCUT2D eigenvalue weighted by Gasteiger charge is 2.59. The van der Waals surface area contributed by atoms with Gasteiger partial charge in [0.2, 0.25) is 0 Å². The van der Waals surface area contributed by atoms with Gasteiger partial charge in [0.05, 0.1) is 0 Å². The van der Waals surface area contributed by atoms with Gasteiger partial charge in [-0.25, -0.2) is 28.8 Å². The Hall–Kier alpha value is -7.25. The molecule has 0 aliphatic heterocycles. The number of carbonyl (C=O) groups excluding carboxylic acids is 5. The first-order valence-corrected chi connectivity index (χ1v) is 35.3. The molecule has 5 rings (SSSR count). The standard InChI is InChI=1S/C29H43NO4Si.C22H37NO4Si.C21H25NO4/c1-22(2)21-35(28(3,4)5,29(6,7)8)34-27(32)30-25(19-23-15-11-9-12-16-23)26(31)33-20-24-17-13-10-14-18-24;1-16(2)15-28(21(3,4)5,22(6,7)8)27-20(26)23-18(19(24)25)14-17-12-10-9-11-13-17;1-21(2,3)26-20(24)22-18(14-16-10-6-4-7-11-16)19(23)25-15-17-12-8-5-9-13-17/h9-18,22,25H,19-21H2,1-8H3,(H,30,32);9-13,16,18H,14-15H2,1-8H3,(H,23,26)(H,24,25);4-13,18H,14-15H2,1-3H3,(H,22,24)/t25-;2*18-/m000/s1. The van der Waals surface area contributed by atoms with E-state index in [4.69, 9.17) is 23.1 Å². The van der Waals surface area contributed by atoms with Crippen LogP contribution in [0.25, 0.3) is 0 Å². The van der Waals surface area contributed by atoms with Crippen LogP contribution in [-0.2, 0) is 69.9 Å². The minimum Gasteiger partial charge on any atom is -0.502 e. The van der Waals surface area contributed by atoms with Crippen LogP contribution < -0.4 is 16.0 Å². The Morgan fingerprint density at radius 1 is 0.382 bits per heavy atom. The predicted octanol–water partition coefficient (Wildman–Crippen LogP) is 16.7. The van der Waals surface area contributed by atoms with Crippen molar-refractivity contribution in [1.82, 2.24) is 16.0 Å². The zero-order valence-electron chi connectivity index (χ0n) is 56.7. The van der Waals surface area contributed by atoms with Crippen molar-refractivity contribution >= 4 is 52.8 Å². The fourth-order valence-corrected chi connectivity index (χ4v) is 22.6. The maximum Gasteiger partial charge on any atom is 0.408 e. The number of esters is 2. The second kappa shape index (κ2) is 34.1. The van der Waals surface area contributed by atoms with E-state index in [-0.39, 0.29) is 39.8 Å². The van der Waals surface area contributed by atoms with Gasteiger partial charge in [0.15, 0.2) is 0 Å². The first-order valence-electron chi connectivity index (χ1n) is 31.0. The smallest absolute Gasteiger partial charge is 0.408 e. The van der Waals surface area contributed by atoms with Gasteiger partial charge in [-0.15, -0.1) is 0 Å². The number of hydrogen-bond acceptors (Lipinski definition) is 11. The van der Waals surface area contributed by atoms with E-state index in [1.807, 2.05) is 152 Å². The minimum atomic E-state index is -2.65. The van der Waals surface area contributed by atoms with Gasteiger partial charge in [0.1, 0.15) is 36.9 Å². The van der Waals surface area contributed by atoms with E-state index in [0.29, 0.717) is 24.7 Å². The lowest BCUT2D eigenvalue weighted by molar-refractivity contribution is -0.148. The average molecular weight is 1260 g/mol. The summed E-state index contributed by atoms with van der Waals surface area (Å²) in [5.41, 5.74) is 3.85. The van der Waals surface area contributed by atoms with Crippen LogP contribution in [0.1, 0.15) is 159 Å². The van der Waals surface area contributed by atoms with Crippen molar-refractivity contribution in [2.24, 2.45) is 11.8 Å². The van der Waals surface area contributed by atoms with Crippen molar-refractivity contribution in [3.05, 3.63) is 179 Å². The zero-order valence-corrected chi connectivity index (χ0v) is 58.7. The van der Waals surface area contributed by atoms with Gasteiger partial charge < -0.3 is 44.1 Å². The van der Waals surface area contributed by atoms with Crippen LogP contribution in [0, 0.1) is 11.8 Å². The average Bonchev–Trinajstić information content (AvgIpc) is 0.896. The predicted molar refractivity (Wildman–Crippen MR) is 360 cm³/mol. The number of rotatable bonds is 22. The van der Waals surface area contributed by atoms with Gasteiger partial charge in [-0.05, 0) is 92.7 Å². The molecule has 0 aromatic heterocycles. The normalized spacial score (nSPS) is 13.1. The fourth-order valence-electron chi connectivity index (χ4n) is 11.2. The van der Waals surface area contributed by atoms with Crippen LogP contribution in [0.5, 0.6) is 0 Å². The maximum absolute atomic E-state index is 13.4. The Morgan fingerprint density at radius 2 is 0.629 bits per heavy atom. The molecule has 3 amide bonds. The third-order valence-electron chi connectivity index (χ3n) is 15.2. The molecule has 15 nitrogen and oxygen atoms in total. The number of ether oxygens (including phenoxy) is 3. The van der Waals surface area contributed by atoms with E-state index in [9.17, 15) is 33.9 Å². The minimum absolute atomic E-state index is 0.151.